The average molecular weight is 409 g/mol. The van der Waals surface area contributed by atoms with Gasteiger partial charge in [-0.05, 0) is 48.2 Å². The van der Waals surface area contributed by atoms with Crippen molar-refractivity contribution in [1.82, 2.24) is 10.3 Å². The number of para-hydroxylation sites is 1. The van der Waals surface area contributed by atoms with E-state index in [1.807, 2.05) is 77.8 Å². The fourth-order valence-electron chi connectivity index (χ4n) is 4.34. The Morgan fingerprint density at radius 2 is 1.71 bits per heavy atom. The van der Waals surface area contributed by atoms with Crippen LogP contribution < -0.4 is 10.2 Å². The average Bonchev–Trinajstić information content (AvgIpc) is 3.31. The van der Waals surface area contributed by atoms with E-state index in [1.165, 1.54) is 0 Å². The van der Waals surface area contributed by atoms with Gasteiger partial charge < -0.3 is 15.2 Å². The Balaban J connectivity index is 1.51. The molecular formula is C26H23N3O2. The van der Waals surface area contributed by atoms with Gasteiger partial charge in [0.1, 0.15) is 6.04 Å². The van der Waals surface area contributed by atoms with E-state index >= 15 is 0 Å². The molecule has 3 aromatic carbocycles. The Morgan fingerprint density at radius 3 is 2.58 bits per heavy atom. The maximum atomic E-state index is 13.7. The molecule has 0 saturated heterocycles. The summed E-state index contributed by atoms with van der Waals surface area (Å²) in [6, 6.07) is 24.1. The number of nitrogens with one attached hydrogen (secondary N) is 2. The lowest BCUT2D eigenvalue weighted by atomic mass is 9.98. The summed E-state index contributed by atoms with van der Waals surface area (Å²) >= 11 is 0. The summed E-state index contributed by atoms with van der Waals surface area (Å²) in [7, 11) is 0. The number of carbonyl (C=O) groups is 2. The lowest BCUT2D eigenvalue weighted by Gasteiger charge is -2.32. The van der Waals surface area contributed by atoms with Crippen LogP contribution in [0.5, 0.6) is 0 Å². The predicted octanol–water partition coefficient (Wildman–Crippen LogP) is 4.62. The Kier molecular flexibility index (Phi) is 5.00. The van der Waals surface area contributed by atoms with Crippen LogP contribution in [0.2, 0.25) is 0 Å². The molecule has 2 heterocycles. The number of benzene rings is 3. The quantitative estimate of drug-likeness (QED) is 0.517. The van der Waals surface area contributed by atoms with Crippen molar-refractivity contribution in [2.45, 2.75) is 18.9 Å². The number of H-pyrrole nitrogens is 1. The third-order valence-electron chi connectivity index (χ3n) is 5.87. The molecule has 0 saturated carbocycles. The summed E-state index contributed by atoms with van der Waals surface area (Å²) in [6.07, 6.45) is 3.67. The molecule has 1 aliphatic heterocycles. The minimum atomic E-state index is -0.769. The summed E-state index contributed by atoms with van der Waals surface area (Å²) < 4.78 is 0. The van der Waals surface area contributed by atoms with E-state index in [1.54, 1.807) is 6.07 Å². The monoisotopic (exact) mass is 409 g/mol. The van der Waals surface area contributed by atoms with E-state index in [0.29, 0.717) is 12.1 Å². The first-order chi connectivity index (χ1) is 15.2. The second kappa shape index (κ2) is 8.11. The van der Waals surface area contributed by atoms with Crippen LogP contribution in [0, 0.1) is 0 Å². The highest BCUT2D eigenvalue weighted by Crippen LogP contribution is 2.30. The molecule has 0 fully saturated rings. The van der Waals surface area contributed by atoms with Crippen LogP contribution >= 0.6 is 0 Å². The summed E-state index contributed by atoms with van der Waals surface area (Å²) in [4.78, 5) is 32.0. The van der Waals surface area contributed by atoms with E-state index in [-0.39, 0.29) is 11.8 Å². The normalized spacial score (nSPS) is 14.1. The van der Waals surface area contributed by atoms with Crippen molar-refractivity contribution >= 4 is 28.4 Å². The molecule has 2 amide bonds. The molecule has 0 unspecified atom stereocenters. The van der Waals surface area contributed by atoms with Crippen LogP contribution in [0.1, 0.15) is 33.9 Å². The van der Waals surface area contributed by atoms with Crippen LogP contribution in [0.15, 0.2) is 85.1 Å². The van der Waals surface area contributed by atoms with Crippen LogP contribution in [0.25, 0.3) is 10.9 Å². The molecule has 4 aromatic rings. The van der Waals surface area contributed by atoms with Gasteiger partial charge in [-0.1, -0.05) is 54.6 Å². The molecule has 2 N–H and O–H groups in total. The lowest BCUT2D eigenvalue weighted by molar-refractivity contribution is -0.120. The van der Waals surface area contributed by atoms with E-state index in [9.17, 15) is 9.59 Å². The van der Waals surface area contributed by atoms with Crippen molar-refractivity contribution in [2.75, 3.05) is 11.4 Å². The maximum absolute atomic E-state index is 13.7. The van der Waals surface area contributed by atoms with Crippen molar-refractivity contribution in [2.24, 2.45) is 0 Å². The molecule has 5 heteroatoms. The maximum Gasteiger partial charge on any atom is 0.254 e. The topological polar surface area (TPSA) is 65.2 Å². The van der Waals surface area contributed by atoms with Crippen molar-refractivity contribution in [3.05, 3.63) is 102 Å². The van der Waals surface area contributed by atoms with Gasteiger partial charge in [-0.25, -0.2) is 0 Å². The fourth-order valence-corrected chi connectivity index (χ4v) is 4.34. The Hall–Kier alpha value is -3.86. The molecule has 1 atom stereocenters. The Morgan fingerprint density at radius 1 is 0.903 bits per heavy atom. The number of amides is 2. The fraction of sp³-hybridized carbons (Fsp3) is 0.154. The van der Waals surface area contributed by atoms with Gasteiger partial charge in [-0.15, -0.1) is 0 Å². The van der Waals surface area contributed by atoms with Crippen molar-refractivity contribution in [3.63, 3.8) is 0 Å². The first-order valence-corrected chi connectivity index (χ1v) is 10.5. The smallest absolute Gasteiger partial charge is 0.254 e. The van der Waals surface area contributed by atoms with Crippen molar-refractivity contribution in [1.29, 1.82) is 0 Å². The number of aromatic nitrogens is 1. The summed E-state index contributed by atoms with van der Waals surface area (Å²) in [6.45, 7) is 0.641. The third kappa shape index (κ3) is 3.59. The molecule has 1 aromatic heterocycles. The second-order valence-electron chi connectivity index (χ2n) is 7.78. The van der Waals surface area contributed by atoms with Crippen LogP contribution in [0.4, 0.5) is 5.69 Å². The number of rotatable bonds is 4. The van der Waals surface area contributed by atoms with Gasteiger partial charge in [-0.2, -0.15) is 0 Å². The largest absolute Gasteiger partial charge is 0.361 e. The van der Waals surface area contributed by atoms with Crippen LogP contribution in [0.3, 0.4) is 0 Å². The molecule has 5 nitrogen and oxygen atoms in total. The van der Waals surface area contributed by atoms with Crippen molar-refractivity contribution < 1.29 is 9.59 Å². The zero-order valence-electron chi connectivity index (χ0n) is 17.0. The number of aromatic amines is 1. The minimum absolute atomic E-state index is 0.118. The Bertz CT molecular complexity index is 1250. The van der Waals surface area contributed by atoms with Crippen LogP contribution in [-0.2, 0) is 11.2 Å². The number of nitrogens with zero attached hydrogens (tertiary/aromatic N) is 1. The van der Waals surface area contributed by atoms with E-state index in [2.05, 4.69) is 16.4 Å². The summed E-state index contributed by atoms with van der Waals surface area (Å²) in [5.74, 6) is -0.384. The molecule has 0 spiro atoms. The molecule has 31 heavy (non-hydrogen) atoms. The minimum Gasteiger partial charge on any atom is -0.361 e. The zero-order chi connectivity index (χ0) is 21.2. The van der Waals surface area contributed by atoms with Crippen LogP contribution in [-0.4, -0.2) is 23.3 Å². The van der Waals surface area contributed by atoms with E-state index < -0.39 is 6.04 Å². The number of hydrogen-bond donors (Lipinski definition) is 2. The molecule has 1 aliphatic rings. The highest BCUT2D eigenvalue weighted by atomic mass is 16.2. The number of anilines is 1. The van der Waals surface area contributed by atoms with Gasteiger partial charge in [0, 0.05) is 34.9 Å². The number of aryl methyl sites for hydroxylation is 1. The third-order valence-corrected chi connectivity index (χ3v) is 5.87. The van der Waals surface area contributed by atoms with Gasteiger partial charge in [-0.3, -0.25) is 9.59 Å². The van der Waals surface area contributed by atoms with E-state index in [4.69, 9.17) is 0 Å². The summed E-state index contributed by atoms with van der Waals surface area (Å²) in [5, 5.41) is 3.85. The predicted molar refractivity (Wildman–Crippen MR) is 122 cm³/mol. The van der Waals surface area contributed by atoms with Gasteiger partial charge in [0.2, 0.25) is 0 Å². The van der Waals surface area contributed by atoms with Gasteiger partial charge in [0.05, 0.1) is 0 Å². The van der Waals surface area contributed by atoms with Gasteiger partial charge in [0.25, 0.3) is 11.8 Å². The highest BCUT2D eigenvalue weighted by Gasteiger charge is 2.31. The van der Waals surface area contributed by atoms with Gasteiger partial charge >= 0.3 is 0 Å². The highest BCUT2D eigenvalue weighted by molar-refractivity contribution is 6.09. The van der Waals surface area contributed by atoms with Gasteiger partial charge in [0.15, 0.2) is 0 Å². The number of carbonyl (C=O) groups excluding carboxylic acids is 2. The summed E-state index contributed by atoms with van der Waals surface area (Å²) in [5.41, 5.74) is 4.30. The molecule has 0 aliphatic carbocycles. The molecule has 0 radical (unpaired) electrons. The zero-order valence-corrected chi connectivity index (χ0v) is 17.0. The number of hydrogen-bond acceptors (Lipinski definition) is 2. The lowest BCUT2D eigenvalue weighted by Crippen LogP contribution is -2.45. The molecule has 0 bridgehead atoms. The second-order valence-corrected chi connectivity index (χ2v) is 7.78. The van der Waals surface area contributed by atoms with Crippen molar-refractivity contribution in [3.8, 4) is 0 Å². The first kappa shape index (κ1) is 19.1. The standard InChI is InChI=1S/C26H23N3O2/c30-25(21-12-6-13-22-20(21)15-16-27-22)28-24(19-9-2-1-3-10-19)26(31)29-17-7-11-18-8-4-5-14-23(18)29/h1-6,8-10,12-16,24,27H,7,11,17H2,(H,28,30)/t24-/m0/s1. The number of fused-ring (bicyclic) bond motifs is 2. The SMILES string of the molecule is O=C(N[C@H](C(=O)N1CCCc2ccccc21)c1ccccc1)c1cccc2[nH]ccc12. The van der Waals surface area contributed by atoms with E-state index in [0.717, 1.165) is 40.6 Å². The first-order valence-electron chi connectivity index (χ1n) is 10.5. The molecule has 5 rings (SSSR count). The molecular weight excluding hydrogens is 386 g/mol. The molecule has 154 valence electrons. The Labute approximate surface area is 180 Å².